The Kier molecular flexibility index (Phi) is 6.18. The fourth-order valence-corrected chi connectivity index (χ4v) is 4.23. The molecule has 0 radical (unpaired) electrons. The van der Waals surface area contributed by atoms with Gasteiger partial charge < -0.3 is 16.0 Å². The van der Waals surface area contributed by atoms with Crippen LogP contribution in [0.5, 0.6) is 0 Å². The van der Waals surface area contributed by atoms with Crippen LogP contribution in [0.1, 0.15) is 48.9 Å². The number of carbonyl (C=O) groups excluding carboxylic acids is 1. The van der Waals surface area contributed by atoms with Gasteiger partial charge in [-0.2, -0.15) is 0 Å². The molecular formula is C18H23BrF2N4O3. The second-order valence-electron chi connectivity index (χ2n) is 7.45. The van der Waals surface area contributed by atoms with Crippen LogP contribution in [0.25, 0.3) is 0 Å². The predicted molar refractivity (Wildman–Crippen MR) is 105 cm³/mol. The van der Waals surface area contributed by atoms with Gasteiger partial charge in [-0.3, -0.25) is 14.9 Å². The van der Waals surface area contributed by atoms with Crippen molar-refractivity contribution in [3.8, 4) is 0 Å². The Balaban J connectivity index is 1.94. The largest absolute Gasteiger partial charge is 0.375 e. The minimum atomic E-state index is -2.78. The summed E-state index contributed by atoms with van der Waals surface area (Å²) in [5, 5.41) is 14.8. The van der Waals surface area contributed by atoms with Gasteiger partial charge in [0.15, 0.2) is 0 Å². The molecule has 1 aliphatic carbocycles. The van der Waals surface area contributed by atoms with Gasteiger partial charge in [-0.05, 0) is 18.9 Å². The van der Waals surface area contributed by atoms with E-state index in [1.54, 1.807) is 0 Å². The first-order valence-electron chi connectivity index (χ1n) is 9.35. The minimum absolute atomic E-state index is 0.0888. The zero-order valence-corrected chi connectivity index (χ0v) is 16.9. The van der Waals surface area contributed by atoms with Crippen LogP contribution in [-0.4, -0.2) is 46.8 Å². The zero-order chi connectivity index (χ0) is 20.5. The van der Waals surface area contributed by atoms with Crippen LogP contribution in [0.3, 0.4) is 0 Å². The summed E-state index contributed by atoms with van der Waals surface area (Å²) in [6.07, 6.45) is 2.66. The molecule has 1 heterocycles. The van der Waals surface area contributed by atoms with Crippen LogP contribution >= 0.6 is 15.9 Å². The SMILES string of the molecule is N[C@H]1CCCC[C@H]1Nc1c(C(=O)N2CCC(F)(F)CC2)cc(Br)cc1[N+](=O)[O-]. The van der Waals surface area contributed by atoms with Crippen molar-refractivity contribution in [2.24, 2.45) is 5.73 Å². The van der Waals surface area contributed by atoms with Crippen molar-refractivity contribution in [2.75, 3.05) is 18.4 Å². The third-order valence-corrected chi connectivity index (χ3v) is 5.90. The molecule has 3 rings (SSSR count). The number of nitrogens with zero attached hydrogens (tertiary/aromatic N) is 2. The van der Waals surface area contributed by atoms with Gasteiger partial charge >= 0.3 is 0 Å². The number of nitro groups is 1. The van der Waals surface area contributed by atoms with E-state index in [1.807, 2.05) is 0 Å². The predicted octanol–water partition coefficient (Wildman–Crippen LogP) is 3.91. The summed E-state index contributed by atoms with van der Waals surface area (Å²) in [7, 11) is 0. The highest BCUT2D eigenvalue weighted by Crippen LogP contribution is 2.36. The molecule has 0 bridgehead atoms. The van der Waals surface area contributed by atoms with Crippen LogP contribution in [0, 0.1) is 10.1 Å². The van der Waals surface area contributed by atoms with E-state index < -0.39 is 29.6 Å². The van der Waals surface area contributed by atoms with Gasteiger partial charge in [0, 0.05) is 48.6 Å². The van der Waals surface area contributed by atoms with E-state index in [4.69, 9.17) is 5.73 Å². The van der Waals surface area contributed by atoms with Gasteiger partial charge in [0.05, 0.1) is 10.5 Å². The standard InChI is InChI=1S/C18H23BrF2N4O3/c19-11-9-12(17(26)24-7-5-18(20,21)6-8-24)16(15(10-11)25(27)28)23-14-4-2-1-3-13(14)22/h9-10,13-14,23H,1-8,22H2/t13-,14+/m0/s1. The van der Waals surface area contributed by atoms with E-state index in [9.17, 15) is 23.7 Å². The average molecular weight is 461 g/mol. The molecule has 1 saturated carbocycles. The molecule has 154 valence electrons. The van der Waals surface area contributed by atoms with Crippen molar-refractivity contribution < 1.29 is 18.5 Å². The summed E-state index contributed by atoms with van der Waals surface area (Å²) in [5.41, 5.74) is 6.13. The van der Waals surface area contributed by atoms with Gasteiger partial charge in [-0.1, -0.05) is 28.8 Å². The van der Waals surface area contributed by atoms with Crippen molar-refractivity contribution in [3.05, 3.63) is 32.3 Å². The van der Waals surface area contributed by atoms with E-state index in [0.717, 1.165) is 25.7 Å². The van der Waals surface area contributed by atoms with Gasteiger partial charge in [-0.15, -0.1) is 0 Å². The number of amides is 1. The summed E-state index contributed by atoms with van der Waals surface area (Å²) in [4.78, 5) is 25.4. The fourth-order valence-electron chi connectivity index (χ4n) is 3.79. The Labute approximate surface area is 169 Å². The molecule has 2 atom stereocenters. The minimum Gasteiger partial charge on any atom is -0.375 e. The first-order valence-corrected chi connectivity index (χ1v) is 10.1. The summed E-state index contributed by atoms with van der Waals surface area (Å²) in [6.45, 7) is -0.178. The topological polar surface area (TPSA) is 102 Å². The van der Waals surface area contributed by atoms with Crippen LogP contribution < -0.4 is 11.1 Å². The highest BCUT2D eigenvalue weighted by Gasteiger charge is 2.37. The molecule has 10 heteroatoms. The van der Waals surface area contributed by atoms with Gasteiger partial charge in [0.2, 0.25) is 0 Å². The lowest BCUT2D eigenvalue weighted by molar-refractivity contribution is -0.384. The van der Waals surface area contributed by atoms with Crippen LogP contribution in [0.4, 0.5) is 20.2 Å². The lowest BCUT2D eigenvalue weighted by Crippen LogP contribution is -2.44. The zero-order valence-electron chi connectivity index (χ0n) is 15.3. The smallest absolute Gasteiger partial charge is 0.294 e. The number of halogens is 3. The fraction of sp³-hybridized carbons (Fsp3) is 0.611. The number of piperidine rings is 1. The number of nitro benzene ring substituents is 1. The molecule has 0 unspecified atom stereocenters. The van der Waals surface area contributed by atoms with Crippen LogP contribution in [-0.2, 0) is 0 Å². The molecule has 3 N–H and O–H groups in total. The summed E-state index contributed by atoms with van der Waals surface area (Å²) in [6, 6.07) is 2.47. The Morgan fingerprint density at radius 3 is 2.54 bits per heavy atom. The quantitative estimate of drug-likeness (QED) is 0.523. The maximum absolute atomic E-state index is 13.4. The number of nitrogens with one attached hydrogen (secondary N) is 1. The number of hydrogen-bond acceptors (Lipinski definition) is 5. The first kappa shape index (κ1) is 20.9. The number of nitrogens with two attached hydrogens (primary N) is 1. The van der Waals surface area contributed by atoms with E-state index in [2.05, 4.69) is 21.2 Å². The van der Waals surface area contributed by atoms with E-state index >= 15 is 0 Å². The molecule has 7 nitrogen and oxygen atoms in total. The third kappa shape index (κ3) is 4.60. The Morgan fingerprint density at radius 1 is 1.29 bits per heavy atom. The van der Waals surface area contributed by atoms with Gasteiger partial charge in [0.25, 0.3) is 17.5 Å². The van der Waals surface area contributed by atoms with Gasteiger partial charge in [0.1, 0.15) is 5.69 Å². The normalized spacial score (nSPS) is 24.6. The van der Waals surface area contributed by atoms with Crippen molar-refractivity contribution in [1.82, 2.24) is 4.90 Å². The van der Waals surface area contributed by atoms with Crippen LogP contribution in [0.2, 0.25) is 0 Å². The number of alkyl halides is 2. The number of rotatable bonds is 4. The van der Waals surface area contributed by atoms with Crippen molar-refractivity contribution >= 4 is 33.2 Å². The molecule has 0 aromatic heterocycles. The first-order chi connectivity index (χ1) is 13.2. The number of anilines is 1. The second-order valence-corrected chi connectivity index (χ2v) is 8.37. The molecule has 1 amide bonds. The molecule has 1 aromatic carbocycles. The summed E-state index contributed by atoms with van der Waals surface area (Å²) < 4.78 is 27.3. The highest BCUT2D eigenvalue weighted by atomic mass is 79.9. The number of hydrogen-bond donors (Lipinski definition) is 2. The number of carbonyl (C=O) groups is 1. The maximum Gasteiger partial charge on any atom is 0.294 e. The Hall–Kier alpha value is -1.81. The number of benzene rings is 1. The molecule has 1 saturated heterocycles. The summed E-state index contributed by atoms with van der Waals surface area (Å²) in [5.74, 6) is -3.28. The second kappa shape index (κ2) is 8.28. The lowest BCUT2D eigenvalue weighted by Gasteiger charge is -2.33. The monoisotopic (exact) mass is 460 g/mol. The van der Waals surface area contributed by atoms with Crippen molar-refractivity contribution in [2.45, 2.75) is 56.5 Å². The molecular weight excluding hydrogens is 438 g/mol. The van der Waals surface area contributed by atoms with Crippen LogP contribution in [0.15, 0.2) is 16.6 Å². The molecule has 2 aliphatic rings. The van der Waals surface area contributed by atoms with Crippen molar-refractivity contribution in [1.29, 1.82) is 0 Å². The Morgan fingerprint density at radius 2 is 1.93 bits per heavy atom. The molecule has 1 aliphatic heterocycles. The summed E-state index contributed by atoms with van der Waals surface area (Å²) >= 11 is 3.22. The molecule has 1 aromatic rings. The average Bonchev–Trinajstić information content (AvgIpc) is 2.63. The van der Waals surface area contributed by atoms with E-state index in [0.29, 0.717) is 4.47 Å². The maximum atomic E-state index is 13.4. The molecule has 0 spiro atoms. The molecule has 2 fully saturated rings. The highest BCUT2D eigenvalue weighted by molar-refractivity contribution is 9.10. The molecule has 28 heavy (non-hydrogen) atoms. The Bertz CT molecular complexity index is 767. The number of likely N-dealkylation sites (tertiary alicyclic amines) is 1. The van der Waals surface area contributed by atoms with Gasteiger partial charge in [-0.25, -0.2) is 8.78 Å². The van der Waals surface area contributed by atoms with Crippen molar-refractivity contribution in [3.63, 3.8) is 0 Å². The van der Waals surface area contributed by atoms with E-state index in [1.165, 1.54) is 17.0 Å². The lowest BCUT2D eigenvalue weighted by atomic mass is 9.90. The van der Waals surface area contributed by atoms with E-state index in [-0.39, 0.29) is 42.1 Å². The third-order valence-electron chi connectivity index (χ3n) is 5.44.